The Kier molecular flexibility index (Phi) is 6.48. The van der Waals surface area contributed by atoms with Gasteiger partial charge in [-0.1, -0.05) is 0 Å². The molecule has 0 radical (unpaired) electrons. The summed E-state index contributed by atoms with van der Waals surface area (Å²) in [7, 11) is 1.51. The molecule has 0 bridgehead atoms. The maximum Gasteiger partial charge on any atom is 0.284 e. The molecule has 3 aromatic heterocycles. The minimum absolute atomic E-state index is 0.100. The number of pyridine rings is 2. The number of hydrogen-bond donors (Lipinski definition) is 1. The van der Waals surface area contributed by atoms with Gasteiger partial charge < -0.3 is 14.8 Å². The number of hydrogen-bond acceptors (Lipinski definition) is 7. The Labute approximate surface area is 214 Å². The lowest BCUT2D eigenvalue weighted by Crippen LogP contribution is -2.30. The summed E-state index contributed by atoms with van der Waals surface area (Å²) in [4.78, 5) is 34.3. The minimum atomic E-state index is -0.766. The summed E-state index contributed by atoms with van der Waals surface area (Å²) in [5, 5.41) is 6.50. The number of aromatic nitrogens is 4. The lowest BCUT2D eigenvalue weighted by Gasteiger charge is -2.12. The molecule has 0 spiro atoms. The molecule has 0 aliphatic rings. The van der Waals surface area contributed by atoms with E-state index in [0.717, 1.165) is 10.7 Å². The number of carbonyl (C=O) groups is 1. The summed E-state index contributed by atoms with van der Waals surface area (Å²) in [6.45, 7) is 1.62. The van der Waals surface area contributed by atoms with Gasteiger partial charge in [-0.3, -0.25) is 14.6 Å². The van der Waals surface area contributed by atoms with Crippen molar-refractivity contribution in [3.05, 3.63) is 106 Å². The van der Waals surface area contributed by atoms with Crippen molar-refractivity contribution in [1.82, 2.24) is 19.7 Å². The van der Waals surface area contributed by atoms with Crippen LogP contribution in [0.25, 0.3) is 16.7 Å². The van der Waals surface area contributed by atoms with E-state index in [1.54, 1.807) is 19.1 Å². The number of nitrogens with zero attached hydrogens (tertiary/aromatic N) is 4. The Balaban J connectivity index is 1.37. The van der Waals surface area contributed by atoms with Gasteiger partial charge in [-0.2, -0.15) is 9.78 Å². The number of aryl methyl sites for hydroxylation is 1. The summed E-state index contributed by atoms with van der Waals surface area (Å²) < 4.78 is 40.3. The normalized spacial score (nSPS) is 10.8. The summed E-state index contributed by atoms with van der Waals surface area (Å²) in [6.07, 6.45) is 4.27. The number of carbonyl (C=O) groups excluding carboxylic acids is 1. The van der Waals surface area contributed by atoms with Crippen LogP contribution in [0.4, 0.5) is 14.5 Å². The van der Waals surface area contributed by atoms with Crippen molar-refractivity contribution in [2.75, 3.05) is 12.4 Å². The third-order valence-corrected chi connectivity index (χ3v) is 5.64. The number of fused-ring (bicyclic) bond motifs is 1. The Morgan fingerprint density at radius 2 is 1.82 bits per heavy atom. The van der Waals surface area contributed by atoms with Gasteiger partial charge in [-0.25, -0.2) is 13.8 Å². The zero-order chi connectivity index (χ0) is 26.8. The second kappa shape index (κ2) is 10.1. The number of ether oxygens (including phenoxy) is 2. The molecule has 5 rings (SSSR count). The first kappa shape index (κ1) is 24.5. The van der Waals surface area contributed by atoms with Crippen molar-refractivity contribution in [1.29, 1.82) is 0 Å². The van der Waals surface area contributed by atoms with Gasteiger partial charge in [-0.05, 0) is 48.9 Å². The summed E-state index contributed by atoms with van der Waals surface area (Å²) in [5.41, 5.74) is 0.868. The molecule has 190 valence electrons. The highest BCUT2D eigenvalue weighted by atomic mass is 19.1. The molecule has 1 amide bonds. The lowest BCUT2D eigenvalue weighted by molar-refractivity contribution is 0.102. The highest BCUT2D eigenvalue weighted by Crippen LogP contribution is 2.31. The van der Waals surface area contributed by atoms with Crippen molar-refractivity contribution < 1.29 is 23.0 Å². The van der Waals surface area contributed by atoms with Crippen molar-refractivity contribution >= 4 is 22.6 Å². The number of rotatable bonds is 6. The Hall–Kier alpha value is -5.19. The third-order valence-electron chi connectivity index (χ3n) is 5.64. The number of benzene rings is 2. The first-order valence-electron chi connectivity index (χ1n) is 11.3. The fraction of sp³-hybridized carbons (Fsp3) is 0.0741. The Morgan fingerprint density at radius 1 is 0.974 bits per heavy atom. The van der Waals surface area contributed by atoms with Crippen LogP contribution in [0.1, 0.15) is 15.9 Å². The fourth-order valence-corrected chi connectivity index (χ4v) is 3.77. The van der Waals surface area contributed by atoms with Gasteiger partial charge in [0.2, 0.25) is 0 Å². The van der Waals surface area contributed by atoms with Gasteiger partial charge in [0.05, 0.1) is 24.5 Å². The van der Waals surface area contributed by atoms with E-state index in [4.69, 9.17) is 9.47 Å². The van der Waals surface area contributed by atoms with Crippen LogP contribution < -0.4 is 20.3 Å². The van der Waals surface area contributed by atoms with Gasteiger partial charge in [0.25, 0.3) is 11.5 Å². The van der Waals surface area contributed by atoms with Gasteiger partial charge in [-0.15, -0.1) is 0 Å². The molecule has 0 fully saturated rings. The quantitative estimate of drug-likeness (QED) is 0.346. The molecule has 0 saturated carbocycles. The van der Waals surface area contributed by atoms with Crippen LogP contribution in [-0.2, 0) is 0 Å². The third kappa shape index (κ3) is 4.76. The van der Waals surface area contributed by atoms with Crippen molar-refractivity contribution in [2.24, 2.45) is 0 Å². The van der Waals surface area contributed by atoms with E-state index in [1.165, 1.54) is 62.1 Å². The van der Waals surface area contributed by atoms with E-state index in [1.807, 2.05) is 0 Å². The zero-order valence-electron chi connectivity index (χ0n) is 20.1. The maximum absolute atomic E-state index is 14.9. The summed E-state index contributed by atoms with van der Waals surface area (Å²) in [6, 6.07) is 12.2. The molecule has 11 heteroatoms. The summed E-state index contributed by atoms with van der Waals surface area (Å²) in [5.74, 6) is -1.29. The minimum Gasteiger partial charge on any atom is -0.495 e. The molecule has 1 N–H and O–H groups in total. The van der Waals surface area contributed by atoms with Crippen molar-refractivity contribution in [3.63, 3.8) is 0 Å². The monoisotopic (exact) mass is 515 g/mol. The molecule has 9 nitrogen and oxygen atoms in total. The molecular weight excluding hydrogens is 496 g/mol. The van der Waals surface area contributed by atoms with E-state index in [2.05, 4.69) is 20.4 Å². The Morgan fingerprint density at radius 3 is 2.58 bits per heavy atom. The first-order valence-corrected chi connectivity index (χ1v) is 11.3. The van der Waals surface area contributed by atoms with Crippen LogP contribution >= 0.6 is 0 Å². The standard InChI is InChI=1S/C27H19F2N5O4/c1-15-11-16(28)3-5-22(15)34-27(36)19(7-10-32-34)26(35)33-17-4-6-23(20(29)12-17)38-24-8-9-30-21-13-18(37-2)14-31-25(21)24/h3-14H,1-2H3,(H,33,35). The highest BCUT2D eigenvalue weighted by Gasteiger charge is 2.17. The largest absolute Gasteiger partial charge is 0.495 e. The van der Waals surface area contributed by atoms with Crippen LogP contribution in [0.5, 0.6) is 17.2 Å². The molecule has 0 aliphatic carbocycles. The van der Waals surface area contributed by atoms with Gasteiger partial charge >= 0.3 is 0 Å². The SMILES string of the molecule is COc1cnc2c(Oc3ccc(NC(=O)c4ccnn(-c5ccc(F)cc5C)c4=O)cc3F)ccnc2c1. The van der Waals surface area contributed by atoms with Gasteiger partial charge in [0.15, 0.2) is 17.3 Å². The second-order valence-electron chi connectivity index (χ2n) is 8.15. The number of anilines is 1. The average molecular weight is 515 g/mol. The number of halogens is 2. The molecule has 0 atom stereocenters. The molecule has 2 aromatic carbocycles. The van der Waals surface area contributed by atoms with Crippen LogP contribution in [0.2, 0.25) is 0 Å². The number of amides is 1. The average Bonchev–Trinajstić information content (AvgIpc) is 2.90. The van der Waals surface area contributed by atoms with Crippen LogP contribution in [0.3, 0.4) is 0 Å². The number of methoxy groups -OCH3 is 1. The fourth-order valence-electron chi connectivity index (χ4n) is 3.77. The van der Waals surface area contributed by atoms with Crippen LogP contribution in [-0.4, -0.2) is 32.8 Å². The predicted molar refractivity (Wildman–Crippen MR) is 135 cm³/mol. The van der Waals surface area contributed by atoms with Crippen LogP contribution in [0, 0.1) is 18.6 Å². The summed E-state index contributed by atoms with van der Waals surface area (Å²) >= 11 is 0. The molecular formula is C27H19F2N5O4. The predicted octanol–water partition coefficient (Wildman–Crippen LogP) is 4.82. The molecule has 3 heterocycles. The molecule has 5 aromatic rings. The van der Waals surface area contributed by atoms with E-state index < -0.39 is 23.1 Å². The van der Waals surface area contributed by atoms with Gasteiger partial charge in [0, 0.05) is 36.3 Å². The smallest absolute Gasteiger partial charge is 0.284 e. The van der Waals surface area contributed by atoms with Crippen LogP contribution in [0.15, 0.2) is 78.0 Å². The second-order valence-corrected chi connectivity index (χ2v) is 8.15. The zero-order valence-corrected chi connectivity index (χ0v) is 20.1. The van der Waals surface area contributed by atoms with E-state index >= 15 is 0 Å². The maximum atomic E-state index is 14.9. The van der Waals surface area contributed by atoms with Gasteiger partial charge in [0.1, 0.15) is 22.6 Å². The molecule has 38 heavy (non-hydrogen) atoms. The topological polar surface area (TPSA) is 108 Å². The molecule has 0 aliphatic heterocycles. The molecule has 0 unspecified atom stereocenters. The van der Waals surface area contributed by atoms with Crippen molar-refractivity contribution in [2.45, 2.75) is 6.92 Å². The highest BCUT2D eigenvalue weighted by molar-refractivity contribution is 6.04. The Bertz CT molecular complexity index is 1760. The lowest BCUT2D eigenvalue weighted by atomic mass is 10.2. The van der Waals surface area contributed by atoms with E-state index in [9.17, 15) is 18.4 Å². The number of nitrogens with one attached hydrogen (secondary N) is 1. The van der Waals surface area contributed by atoms with E-state index in [-0.39, 0.29) is 22.7 Å². The van der Waals surface area contributed by atoms with Crippen molar-refractivity contribution in [3.8, 4) is 22.9 Å². The first-order chi connectivity index (χ1) is 18.3. The van der Waals surface area contributed by atoms with E-state index in [0.29, 0.717) is 28.0 Å². The molecule has 0 saturated heterocycles.